The van der Waals surface area contributed by atoms with Crippen LogP contribution in [0.1, 0.15) is 24.5 Å². The first-order chi connectivity index (χ1) is 8.63. The summed E-state index contributed by atoms with van der Waals surface area (Å²) in [6, 6.07) is 4.66. The molecule has 1 aromatic carbocycles. The van der Waals surface area contributed by atoms with Crippen molar-refractivity contribution < 1.29 is 21.6 Å². The fraction of sp³-hybridized carbons (Fsp3) is 0.500. The Labute approximate surface area is 110 Å². The summed E-state index contributed by atoms with van der Waals surface area (Å²) in [5.41, 5.74) is -0.623. The number of hydrogen-bond donors (Lipinski definition) is 1. The van der Waals surface area contributed by atoms with E-state index in [-0.39, 0.29) is 12.0 Å². The Morgan fingerprint density at radius 2 is 1.84 bits per heavy atom. The first-order valence-corrected chi connectivity index (χ1v) is 7.65. The van der Waals surface area contributed by atoms with Gasteiger partial charge in [0.25, 0.3) is 0 Å². The third kappa shape index (κ3) is 5.20. The summed E-state index contributed by atoms with van der Waals surface area (Å²) < 4.78 is 63.0. The Bertz CT molecular complexity index is 526. The number of nitrogens with one attached hydrogen (secondary N) is 1. The molecule has 19 heavy (non-hydrogen) atoms. The van der Waals surface area contributed by atoms with Gasteiger partial charge >= 0.3 is 6.18 Å². The summed E-state index contributed by atoms with van der Waals surface area (Å²) in [5.74, 6) is 0. The molecule has 0 amide bonds. The van der Waals surface area contributed by atoms with Gasteiger partial charge in [-0.1, -0.05) is 25.1 Å². The highest BCUT2D eigenvalue weighted by molar-refractivity contribution is 7.88. The lowest BCUT2D eigenvalue weighted by Gasteiger charge is -2.18. The summed E-state index contributed by atoms with van der Waals surface area (Å²) in [7, 11) is -3.44. The maximum Gasteiger partial charge on any atom is 0.416 e. The van der Waals surface area contributed by atoms with Crippen LogP contribution in [0.2, 0.25) is 0 Å². The largest absolute Gasteiger partial charge is 0.416 e. The monoisotopic (exact) mass is 295 g/mol. The molecule has 3 nitrogen and oxygen atoms in total. The Kier molecular flexibility index (Phi) is 4.98. The minimum absolute atomic E-state index is 0.0131. The van der Waals surface area contributed by atoms with Crippen LogP contribution in [0, 0.1) is 0 Å². The van der Waals surface area contributed by atoms with Crippen molar-refractivity contribution in [3.8, 4) is 0 Å². The maximum atomic E-state index is 12.8. The molecule has 7 heteroatoms. The number of alkyl halides is 3. The van der Waals surface area contributed by atoms with Gasteiger partial charge in [-0.2, -0.15) is 13.2 Å². The topological polar surface area (TPSA) is 46.2 Å². The van der Waals surface area contributed by atoms with Gasteiger partial charge in [0.2, 0.25) is 10.0 Å². The quantitative estimate of drug-likeness (QED) is 0.907. The van der Waals surface area contributed by atoms with Crippen molar-refractivity contribution in [2.45, 2.75) is 32.0 Å². The Morgan fingerprint density at radius 3 is 2.32 bits per heavy atom. The normalized spacial score (nSPS) is 14.4. The van der Waals surface area contributed by atoms with Gasteiger partial charge in [-0.25, -0.2) is 13.1 Å². The summed E-state index contributed by atoms with van der Waals surface area (Å²) in [6.07, 6.45) is -3.01. The van der Waals surface area contributed by atoms with Gasteiger partial charge in [0, 0.05) is 6.04 Å². The van der Waals surface area contributed by atoms with Crippen molar-refractivity contribution in [1.82, 2.24) is 4.72 Å². The van der Waals surface area contributed by atoms with Gasteiger partial charge < -0.3 is 0 Å². The van der Waals surface area contributed by atoms with Gasteiger partial charge in [-0.3, -0.25) is 0 Å². The van der Waals surface area contributed by atoms with E-state index < -0.39 is 27.8 Å². The second-order valence-corrected chi connectivity index (χ2v) is 6.13. The van der Waals surface area contributed by atoms with Crippen LogP contribution in [-0.2, 0) is 22.6 Å². The zero-order valence-electron chi connectivity index (χ0n) is 10.7. The van der Waals surface area contributed by atoms with Crippen LogP contribution >= 0.6 is 0 Å². The Balaban J connectivity index is 2.98. The van der Waals surface area contributed by atoms with Crippen LogP contribution in [0.25, 0.3) is 0 Å². The molecular formula is C12H16F3NO2S. The van der Waals surface area contributed by atoms with Gasteiger partial charge in [0.15, 0.2) is 0 Å². The van der Waals surface area contributed by atoms with Crippen LogP contribution in [0.3, 0.4) is 0 Å². The van der Waals surface area contributed by atoms with Crippen LogP contribution in [-0.4, -0.2) is 20.7 Å². The van der Waals surface area contributed by atoms with Crippen LogP contribution < -0.4 is 4.72 Å². The minimum Gasteiger partial charge on any atom is -0.213 e. The van der Waals surface area contributed by atoms with E-state index in [1.807, 2.05) is 0 Å². The summed E-state index contributed by atoms with van der Waals surface area (Å²) in [4.78, 5) is 0. The molecule has 0 aromatic heterocycles. The standard InChI is InChI=1S/C12H16F3NO2S/c1-3-10(16-19(2,17)18)8-9-6-4-5-7-11(9)12(13,14)15/h4-7,10,16H,3,8H2,1-2H3/t10-/m0/s1. The van der Waals surface area contributed by atoms with Gasteiger partial charge in [0.1, 0.15) is 0 Å². The number of sulfonamides is 1. The molecule has 1 aromatic rings. The van der Waals surface area contributed by atoms with Crippen molar-refractivity contribution in [3.05, 3.63) is 35.4 Å². The highest BCUT2D eigenvalue weighted by Crippen LogP contribution is 2.32. The van der Waals surface area contributed by atoms with E-state index in [9.17, 15) is 21.6 Å². The predicted molar refractivity (Wildman–Crippen MR) is 67.2 cm³/mol. The average molecular weight is 295 g/mol. The number of halogens is 3. The van der Waals surface area contributed by atoms with Crippen molar-refractivity contribution in [1.29, 1.82) is 0 Å². The number of rotatable bonds is 5. The smallest absolute Gasteiger partial charge is 0.213 e. The molecular weight excluding hydrogens is 279 g/mol. The summed E-state index contributed by atoms with van der Waals surface area (Å²) >= 11 is 0. The van der Waals surface area contributed by atoms with E-state index in [0.717, 1.165) is 12.3 Å². The molecule has 0 bridgehead atoms. The fourth-order valence-electron chi connectivity index (χ4n) is 1.81. The van der Waals surface area contributed by atoms with Gasteiger partial charge in [-0.15, -0.1) is 0 Å². The lowest BCUT2D eigenvalue weighted by Crippen LogP contribution is -2.35. The fourth-order valence-corrected chi connectivity index (χ4v) is 2.67. The average Bonchev–Trinajstić information content (AvgIpc) is 2.25. The van der Waals surface area contributed by atoms with E-state index >= 15 is 0 Å². The third-order valence-corrected chi connectivity index (χ3v) is 3.42. The van der Waals surface area contributed by atoms with E-state index in [4.69, 9.17) is 0 Å². The molecule has 0 aliphatic carbocycles. The lowest BCUT2D eigenvalue weighted by molar-refractivity contribution is -0.138. The zero-order chi connectivity index (χ0) is 14.7. The maximum absolute atomic E-state index is 12.8. The molecule has 1 N–H and O–H groups in total. The molecule has 0 fully saturated rings. The van der Waals surface area contributed by atoms with E-state index in [2.05, 4.69) is 4.72 Å². The molecule has 1 rings (SSSR count). The minimum atomic E-state index is -4.43. The molecule has 0 aliphatic heterocycles. The molecule has 0 unspecified atom stereocenters. The van der Waals surface area contributed by atoms with E-state index in [0.29, 0.717) is 6.42 Å². The Morgan fingerprint density at radius 1 is 1.26 bits per heavy atom. The molecule has 1 atom stereocenters. The number of hydrogen-bond acceptors (Lipinski definition) is 2. The molecule has 0 aliphatic rings. The highest BCUT2D eigenvalue weighted by atomic mass is 32.2. The summed E-state index contributed by atoms with van der Waals surface area (Å²) in [5, 5.41) is 0. The SMILES string of the molecule is CC[C@@H](Cc1ccccc1C(F)(F)F)NS(C)(=O)=O. The lowest BCUT2D eigenvalue weighted by atomic mass is 9.99. The van der Waals surface area contributed by atoms with E-state index in [1.54, 1.807) is 6.92 Å². The molecule has 0 saturated heterocycles. The van der Waals surface area contributed by atoms with Gasteiger partial charge in [0.05, 0.1) is 11.8 Å². The van der Waals surface area contributed by atoms with Crippen LogP contribution in [0.5, 0.6) is 0 Å². The highest BCUT2D eigenvalue weighted by Gasteiger charge is 2.33. The van der Waals surface area contributed by atoms with Crippen molar-refractivity contribution in [3.63, 3.8) is 0 Å². The molecule has 0 radical (unpaired) electrons. The van der Waals surface area contributed by atoms with Crippen molar-refractivity contribution >= 4 is 10.0 Å². The number of benzene rings is 1. The van der Waals surface area contributed by atoms with Crippen molar-refractivity contribution in [2.24, 2.45) is 0 Å². The second kappa shape index (κ2) is 5.92. The molecule has 0 saturated carbocycles. The first-order valence-electron chi connectivity index (χ1n) is 5.76. The van der Waals surface area contributed by atoms with Crippen LogP contribution in [0.4, 0.5) is 13.2 Å². The third-order valence-electron chi connectivity index (χ3n) is 2.66. The molecule has 108 valence electrons. The predicted octanol–water partition coefficient (Wildman–Crippen LogP) is 2.58. The Hall–Kier alpha value is -1.08. The van der Waals surface area contributed by atoms with Crippen LogP contribution in [0.15, 0.2) is 24.3 Å². The first kappa shape index (κ1) is 16.0. The van der Waals surface area contributed by atoms with Gasteiger partial charge in [-0.05, 0) is 24.5 Å². The van der Waals surface area contributed by atoms with E-state index in [1.165, 1.54) is 18.2 Å². The molecule has 0 spiro atoms. The second-order valence-electron chi connectivity index (χ2n) is 4.35. The molecule has 0 heterocycles. The van der Waals surface area contributed by atoms with Crippen molar-refractivity contribution in [2.75, 3.05) is 6.26 Å². The summed E-state index contributed by atoms with van der Waals surface area (Å²) in [6.45, 7) is 1.72. The zero-order valence-corrected chi connectivity index (χ0v) is 11.5.